The molecule has 1 N–H and O–H groups in total. The predicted octanol–water partition coefficient (Wildman–Crippen LogP) is 3.02. The molecule has 0 aromatic heterocycles. The molecule has 2 heterocycles. The number of hydrogen-bond acceptors (Lipinski definition) is 3. The number of piperazine rings is 1. The van der Waals surface area contributed by atoms with Gasteiger partial charge < -0.3 is 5.11 Å². The van der Waals surface area contributed by atoms with Gasteiger partial charge in [-0.05, 0) is 37.4 Å². The molecule has 2 saturated heterocycles. The van der Waals surface area contributed by atoms with Gasteiger partial charge in [0.2, 0.25) is 0 Å². The Morgan fingerprint density at radius 2 is 2.10 bits per heavy atom. The number of nitrogens with zero attached hydrogens (tertiary/aromatic N) is 2. The fraction of sp³-hybridized carbons (Fsp3) is 0.625. The molecule has 2 aliphatic heterocycles. The maximum atomic E-state index is 9.35. The Morgan fingerprint density at radius 3 is 2.90 bits per heavy atom. The Hall–Kier alpha value is -0.320. The van der Waals surface area contributed by atoms with E-state index in [2.05, 4.69) is 9.80 Å². The van der Waals surface area contributed by atoms with E-state index in [0.29, 0.717) is 22.1 Å². The topological polar surface area (TPSA) is 26.7 Å². The van der Waals surface area contributed by atoms with Crippen molar-refractivity contribution in [3.8, 4) is 0 Å². The number of halogens is 2. The van der Waals surface area contributed by atoms with E-state index in [1.54, 1.807) is 0 Å². The van der Waals surface area contributed by atoms with Crippen molar-refractivity contribution in [2.45, 2.75) is 37.9 Å². The maximum Gasteiger partial charge on any atom is 0.0637 e. The van der Waals surface area contributed by atoms with Crippen LogP contribution in [0.2, 0.25) is 10.0 Å². The summed E-state index contributed by atoms with van der Waals surface area (Å²) in [4.78, 5) is 5.05. The molecule has 3 nitrogen and oxygen atoms in total. The third-order valence-electron chi connectivity index (χ3n) is 4.77. The highest BCUT2D eigenvalue weighted by atomic mass is 35.5. The minimum atomic E-state index is 0.239. The Morgan fingerprint density at radius 1 is 1.24 bits per heavy atom. The second-order valence-corrected chi connectivity index (χ2v) is 6.88. The van der Waals surface area contributed by atoms with Crippen LogP contribution in [0.3, 0.4) is 0 Å². The number of fused-ring (bicyclic) bond motifs is 1. The Bertz CT molecular complexity index is 497. The Balaban J connectivity index is 1.76. The molecule has 2 fully saturated rings. The standard InChI is InChI=1S/C16H22Cl2N2O/c17-15-5-1-3-12(16(15)18)9-20-11-13-4-2-7-19(13)10-14(20)6-8-21/h1,3,5,13-14,21H,2,4,6-11H2/t13?,14-/m0/s1. The van der Waals surface area contributed by atoms with Crippen LogP contribution in [0.15, 0.2) is 18.2 Å². The largest absolute Gasteiger partial charge is 0.396 e. The van der Waals surface area contributed by atoms with Crippen LogP contribution in [0.4, 0.5) is 0 Å². The van der Waals surface area contributed by atoms with Crippen molar-refractivity contribution in [3.63, 3.8) is 0 Å². The molecular weight excluding hydrogens is 307 g/mol. The smallest absolute Gasteiger partial charge is 0.0637 e. The zero-order chi connectivity index (χ0) is 14.8. The maximum absolute atomic E-state index is 9.35. The van der Waals surface area contributed by atoms with E-state index in [-0.39, 0.29) is 6.61 Å². The second-order valence-electron chi connectivity index (χ2n) is 6.10. The van der Waals surface area contributed by atoms with Gasteiger partial charge in [0, 0.05) is 38.3 Å². The lowest BCUT2D eigenvalue weighted by atomic mass is 10.0. The molecular formula is C16H22Cl2N2O. The summed E-state index contributed by atoms with van der Waals surface area (Å²) in [6, 6.07) is 6.90. The Kier molecular flexibility index (Phi) is 5.07. The van der Waals surface area contributed by atoms with Crippen LogP contribution in [0.5, 0.6) is 0 Å². The van der Waals surface area contributed by atoms with Gasteiger partial charge in [0.15, 0.2) is 0 Å². The van der Waals surface area contributed by atoms with Crippen molar-refractivity contribution in [1.82, 2.24) is 9.80 Å². The third kappa shape index (κ3) is 3.38. The zero-order valence-corrected chi connectivity index (χ0v) is 13.7. The van der Waals surface area contributed by atoms with Gasteiger partial charge in [-0.25, -0.2) is 0 Å². The fourth-order valence-corrected chi connectivity index (χ4v) is 4.03. The molecule has 0 bridgehead atoms. The van der Waals surface area contributed by atoms with Crippen LogP contribution < -0.4 is 0 Å². The van der Waals surface area contributed by atoms with E-state index in [4.69, 9.17) is 23.2 Å². The van der Waals surface area contributed by atoms with Crippen LogP contribution in [0, 0.1) is 0 Å². The molecule has 1 aromatic rings. The molecule has 0 saturated carbocycles. The molecule has 5 heteroatoms. The molecule has 116 valence electrons. The number of rotatable bonds is 4. The van der Waals surface area contributed by atoms with Crippen LogP contribution in [0.1, 0.15) is 24.8 Å². The van der Waals surface area contributed by atoms with Crippen molar-refractivity contribution in [2.75, 3.05) is 26.2 Å². The van der Waals surface area contributed by atoms with Crippen molar-refractivity contribution < 1.29 is 5.11 Å². The van der Waals surface area contributed by atoms with Crippen molar-refractivity contribution >= 4 is 23.2 Å². The van der Waals surface area contributed by atoms with Gasteiger partial charge >= 0.3 is 0 Å². The van der Waals surface area contributed by atoms with Gasteiger partial charge in [-0.15, -0.1) is 0 Å². The van der Waals surface area contributed by atoms with E-state index in [1.807, 2.05) is 18.2 Å². The van der Waals surface area contributed by atoms with Gasteiger partial charge in [0.25, 0.3) is 0 Å². The SMILES string of the molecule is OCC[C@H]1CN2CCCC2CN1Cc1cccc(Cl)c1Cl. The number of hydrogen-bond donors (Lipinski definition) is 1. The first-order valence-corrected chi connectivity index (χ1v) is 8.46. The number of benzene rings is 1. The second kappa shape index (κ2) is 6.84. The molecule has 2 atom stereocenters. The first-order valence-electron chi connectivity index (χ1n) is 7.71. The van der Waals surface area contributed by atoms with Gasteiger partial charge in [-0.1, -0.05) is 35.3 Å². The van der Waals surface area contributed by atoms with Gasteiger partial charge in [0.05, 0.1) is 10.0 Å². The quantitative estimate of drug-likeness (QED) is 0.920. The molecule has 2 aliphatic rings. The zero-order valence-electron chi connectivity index (χ0n) is 12.1. The summed E-state index contributed by atoms with van der Waals surface area (Å²) in [7, 11) is 0. The number of aliphatic hydroxyl groups is 1. The summed E-state index contributed by atoms with van der Waals surface area (Å²) in [6.07, 6.45) is 3.40. The lowest BCUT2D eigenvalue weighted by Gasteiger charge is -2.43. The summed E-state index contributed by atoms with van der Waals surface area (Å²) in [6.45, 7) is 4.38. The average Bonchev–Trinajstić information content (AvgIpc) is 2.91. The van der Waals surface area contributed by atoms with Crippen LogP contribution in [-0.4, -0.2) is 53.2 Å². The van der Waals surface area contributed by atoms with Crippen molar-refractivity contribution in [3.05, 3.63) is 33.8 Å². The monoisotopic (exact) mass is 328 g/mol. The third-order valence-corrected chi connectivity index (χ3v) is 5.63. The first kappa shape index (κ1) is 15.6. The molecule has 0 amide bonds. The molecule has 0 radical (unpaired) electrons. The summed E-state index contributed by atoms with van der Waals surface area (Å²) in [5.41, 5.74) is 1.08. The van der Waals surface area contributed by atoms with Crippen LogP contribution in [0.25, 0.3) is 0 Å². The van der Waals surface area contributed by atoms with Crippen LogP contribution >= 0.6 is 23.2 Å². The van der Waals surface area contributed by atoms with Gasteiger partial charge in [-0.2, -0.15) is 0 Å². The molecule has 3 rings (SSSR count). The minimum Gasteiger partial charge on any atom is -0.396 e. The van der Waals surface area contributed by atoms with E-state index in [0.717, 1.165) is 31.6 Å². The van der Waals surface area contributed by atoms with E-state index in [9.17, 15) is 5.11 Å². The first-order chi connectivity index (χ1) is 10.2. The molecule has 0 aliphatic carbocycles. The molecule has 0 spiro atoms. The summed E-state index contributed by atoms with van der Waals surface area (Å²) >= 11 is 12.4. The fourth-order valence-electron chi connectivity index (χ4n) is 3.65. The van der Waals surface area contributed by atoms with E-state index < -0.39 is 0 Å². The predicted molar refractivity (Wildman–Crippen MR) is 87.0 cm³/mol. The summed E-state index contributed by atoms with van der Waals surface area (Å²) in [5, 5.41) is 10.6. The minimum absolute atomic E-state index is 0.239. The normalized spacial score (nSPS) is 27.0. The van der Waals surface area contributed by atoms with Crippen LogP contribution in [-0.2, 0) is 6.54 Å². The lowest BCUT2D eigenvalue weighted by Crippen LogP contribution is -2.55. The van der Waals surface area contributed by atoms with E-state index >= 15 is 0 Å². The molecule has 21 heavy (non-hydrogen) atoms. The summed E-state index contributed by atoms with van der Waals surface area (Å²) < 4.78 is 0. The highest BCUT2D eigenvalue weighted by Gasteiger charge is 2.36. The average molecular weight is 329 g/mol. The molecule has 1 unspecified atom stereocenters. The van der Waals surface area contributed by atoms with E-state index in [1.165, 1.54) is 19.4 Å². The van der Waals surface area contributed by atoms with Crippen molar-refractivity contribution in [1.29, 1.82) is 0 Å². The number of aliphatic hydroxyl groups excluding tert-OH is 1. The highest BCUT2D eigenvalue weighted by molar-refractivity contribution is 6.42. The van der Waals surface area contributed by atoms with Gasteiger partial charge in [-0.3, -0.25) is 9.80 Å². The highest BCUT2D eigenvalue weighted by Crippen LogP contribution is 2.30. The van der Waals surface area contributed by atoms with Gasteiger partial charge in [0.1, 0.15) is 0 Å². The molecule has 1 aromatic carbocycles. The lowest BCUT2D eigenvalue weighted by molar-refractivity contribution is 0.0334. The van der Waals surface area contributed by atoms with Crippen molar-refractivity contribution in [2.24, 2.45) is 0 Å². The summed E-state index contributed by atoms with van der Waals surface area (Å²) in [5.74, 6) is 0. The Labute approximate surface area is 136 Å².